The molecule has 0 unspecified atom stereocenters. The molecular weight excluding hydrogens is 214 g/mol. The lowest BCUT2D eigenvalue weighted by Gasteiger charge is -2.19. The monoisotopic (exact) mass is 235 g/mol. The van der Waals surface area contributed by atoms with E-state index in [1.807, 2.05) is 12.1 Å². The Labute approximate surface area is 103 Å². The first-order valence-electron chi connectivity index (χ1n) is 5.93. The summed E-state index contributed by atoms with van der Waals surface area (Å²) < 4.78 is 4.84. The number of carbonyl (C=O) groups is 1. The molecule has 17 heavy (non-hydrogen) atoms. The SMILES string of the molecule is CCOC(=O)CNc1ccc(C(C)(C)C)cc1. The van der Waals surface area contributed by atoms with Crippen LogP contribution in [0, 0.1) is 0 Å². The minimum atomic E-state index is -0.229. The Morgan fingerprint density at radius 1 is 1.24 bits per heavy atom. The van der Waals surface area contributed by atoms with Gasteiger partial charge in [-0.1, -0.05) is 32.9 Å². The summed E-state index contributed by atoms with van der Waals surface area (Å²) in [7, 11) is 0. The van der Waals surface area contributed by atoms with Gasteiger partial charge in [-0.2, -0.15) is 0 Å². The second-order valence-electron chi connectivity index (χ2n) is 4.99. The van der Waals surface area contributed by atoms with Gasteiger partial charge in [0.25, 0.3) is 0 Å². The quantitative estimate of drug-likeness (QED) is 0.815. The summed E-state index contributed by atoms with van der Waals surface area (Å²) in [4.78, 5) is 11.2. The normalized spacial score (nSPS) is 11.1. The van der Waals surface area contributed by atoms with Crippen molar-refractivity contribution in [1.82, 2.24) is 0 Å². The molecule has 0 radical (unpaired) electrons. The van der Waals surface area contributed by atoms with Gasteiger partial charge in [0.1, 0.15) is 6.54 Å². The Hall–Kier alpha value is -1.51. The highest BCUT2D eigenvalue weighted by Gasteiger charge is 2.12. The summed E-state index contributed by atoms with van der Waals surface area (Å²) >= 11 is 0. The van der Waals surface area contributed by atoms with E-state index in [1.54, 1.807) is 6.92 Å². The highest BCUT2D eigenvalue weighted by atomic mass is 16.5. The van der Waals surface area contributed by atoms with Crippen LogP contribution in [-0.4, -0.2) is 19.1 Å². The zero-order valence-electron chi connectivity index (χ0n) is 11.0. The molecule has 0 atom stereocenters. The van der Waals surface area contributed by atoms with Gasteiger partial charge in [0.2, 0.25) is 0 Å². The van der Waals surface area contributed by atoms with E-state index in [9.17, 15) is 4.79 Å². The first-order chi connectivity index (χ1) is 7.93. The van der Waals surface area contributed by atoms with Gasteiger partial charge in [-0.15, -0.1) is 0 Å². The number of anilines is 1. The number of hydrogen-bond acceptors (Lipinski definition) is 3. The van der Waals surface area contributed by atoms with Crippen LogP contribution < -0.4 is 5.32 Å². The van der Waals surface area contributed by atoms with Gasteiger partial charge >= 0.3 is 5.97 Å². The third kappa shape index (κ3) is 4.47. The highest BCUT2D eigenvalue weighted by Crippen LogP contribution is 2.23. The van der Waals surface area contributed by atoms with Crippen molar-refractivity contribution in [2.24, 2.45) is 0 Å². The molecule has 1 rings (SSSR count). The Balaban J connectivity index is 2.54. The van der Waals surface area contributed by atoms with E-state index >= 15 is 0 Å². The fourth-order valence-corrected chi connectivity index (χ4v) is 1.47. The summed E-state index contributed by atoms with van der Waals surface area (Å²) in [5, 5.41) is 3.03. The second kappa shape index (κ2) is 5.71. The molecule has 0 fully saturated rings. The lowest BCUT2D eigenvalue weighted by molar-refractivity contribution is -0.140. The van der Waals surface area contributed by atoms with Crippen molar-refractivity contribution in [1.29, 1.82) is 0 Å². The molecule has 1 N–H and O–H groups in total. The molecular formula is C14H21NO2. The molecule has 94 valence electrons. The molecule has 0 bridgehead atoms. The van der Waals surface area contributed by atoms with Crippen LogP contribution in [0.5, 0.6) is 0 Å². The Kier molecular flexibility index (Phi) is 4.55. The Bertz CT molecular complexity index is 363. The van der Waals surface area contributed by atoms with Crippen molar-refractivity contribution < 1.29 is 9.53 Å². The summed E-state index contributed by atoms with van der Waals surface area (Å²) in [6, 6.07) is 8.13. The van der Waals surface area contributed by atoms with Gasteiger partial charge in [0.05, 0.1) is 6.61 Å². The fraction of sp³-hybridized carbons (Fsp3) is 0.500. The van der Waals surface area contributed by atoms with Crippen LogP contribution >= 0.6 is 0 Å². The van der Waals surface area contributed by atoms with Gasteiger partial charge in [-0.05, 0) is 30.0 Å². The first kappa shape index (κ1) is 13.6. The highest BCUT2D eigenvalue weighted by molar-refractivity contribution is 5.74. The number of carbonyl (C=O) groups excluding carboxylic acids is 1. The van der Waals surface area contributed by atoms with Crippen molar-refractivity contribution >= 4 is 11.7 Å². The van der Waals surface area contributed by atoms with Gasteiger partial charge in [-0.3, -0.25) is 4.79 Å². The third-order valence-electron chi connectivity index (χ3n) is 2.49. The Morgan fingerprint density at radius 3 is 2.29 bits per heavy atom. The number of esters is 1. The second-order valence-corrected chi connectivity index (χ2v) is 4.99. The van der Waals surface area contributed by atoms with Crippen molar-refractivity contribution in [2.45, 2.75) is 33.1 Å². The molecule has 0 saturated carbocycles. The molecule has 0 aliphatic rings. The average molecular weight is 235 g/mol. The van der Waals surface area contributed by atoms with Crippen LogP contribution in [0.25, 0.3) is 0 Å². The lowest BCUT2D eigenvalue weighted by atomic mass is 9.87. The van der Waals surface area contributed by atoms with Crippen molar-refractivity contribution in [3.05, 3.63) is 29.8 Å². The Morgan fingerprint density at radius 2 is 1.82 bits per heavy atom. The maximum atomic E-state index is 11.2. The number of rotatable bonds is 4. The summed E-state index contributed by atoms with van der Waals surface area (Å²) in [5.74, 6) is -0.229. The number of hydrogen-bond donors (Lipinski definition) is 1. The maximum absolute atomic E-state index is 11.2. The predicted molar refractivity (Wildman–Crippen MR) is 70.3 cm³/mol. The van der Waals surface area contributed by atoms with E-state index in [4.69, 9.17) is 4.74 Å². The third-order valence-corrected chi connectivity index (χ3v) is 2.49. The zero-order chi connectivity index (χ0) is 12.9. The molecule has 0 saturated heterocycles. The number of ether oxygens (including phenoxy) is 1. The maximum Gasteiger partial charge on any atom is 0.325 e. The zero-order valence-corrected chi connectivity index (χ0v) is 11.0. The van der Waals surface area contributed by atoms with E-state index in [1.165, 1.54) is 5.56 Å². The molecule has 0 aliphatic heterocycles. The molecule has 3 nitrogen and oxygen atoms in total. The minimum Gasteiger partial charge on any atom is -0.465 e. The summed E-state index contributed by atoms with van der Waals surface area (Å²) in [5.41, 5.74) is 2.37. The van der Waals surface area contributed by atoms with Crippen LogP contribution in [0.4, 0.5) is 5.69 Å². The van der Waals surface area contributed by atoms with Crippen molar-refractivity contribution in [2.75, 3.05) is 18.5 Å². The number of nitrogens with one attached hydrogen (secondary N) is 1. The van der Waals surface area contributed by atoms with E-state index in [2.05, 4.69) is 38.2 Å². The first-order valence-corrected chi connectivity index (χ1v) is 5.93. The molecule has 0 spiro atoms. The summed E-state index contributed by atoms with van der Waals surface area (Å²) in [6.45, 7) is 8.96. The van der Waals surface area contributed by atoms with E-state index in [0.29, 0.717) is 6.61 Å². The van der Waals surface area contributed by atoms with Crippen LogP contribution in [0.3, 0.4) is 0 Å². The predicted octanol–water partition coefficient (Wildman–Crippen LogP) is 2.96. The van der Waals surface area contributed by atoms with Crippen LogP contribution in [0.2, 0.25) is 0 Å². The summed E-state index contributed by atoms with van der Waals surface area (Å²) in [6.07, 6.45) is 0. The van der Waals surface area contributed by atoms with Crippen LogP contribution in [-0.2, 0) is 14.9 Å². The molecule has 1 aromatic rings. The smallest absolute Gasteiger partial charge is 0.325 e. The molecule has 0 aliphatic carbocycles. The van der Waals surface area contributed by atoms with Gasteiger partial charge < -0.3 is 10.1 Å². The van der Waals surface area contributed by atoms with E-state index < -0.39 is 0 Å². The van der Waals surface area contributed by atoms with Gasteiger partial charge in [0, 0.05) is 5.69 Å². The largest absolute Gasteiger partial charge is 0.465 e. The van der Waals surface area contributed by atoms with E-state index in [-0.39, 0.29) is 17.9 Å². The van der Waals surface area contributed by atoms with E-state index in [0.717, 1.165) is 5.69 Å². The van der Waals surface area contributed by atoms with Gasteiger partial charge in [-0.25, -0.2) is 0 Å². The van der Waals surface area contributed by atoms with Crippen LogP contribution in [0.1, 0.15) is 33.3 Å². The number of benzene rings is 1. The topological polar surface area (TPSA) is 38.3 Å². The molecule has 0 amide bonds. The molecule has 3 heteroatoms. The van der Waals surface area contributed by atoms with Crippen LogP contribution in [0.15, 0.2) is 24.3 Å². The average Bonchev–Trinajstić information content (AvgIpc) is 2.26. The minimum absolute atomic E-state index is 0.152. The molecule has 1 aromatic carbocycles. The van der Waals surface area contributed by atoms with Gasteiger partial charge in [0.15, 0.2) is 0 Å². The lowest BCUT2D eigenvalue weighted by Crippen LogP contribution is -2.17. The fourth-order valence-electron chi connectivity index (χ4n) is 1.47. The van der Waals surface area contributed by atoms with Crippen molar-refractivity contribution in [3.8, 4) is 0 Å². The van der Waals surface area contributed by atoms with Crippen molar-refractivity contribution in [3.63, 3.8) is 0 Å². The molecule has 0 aromatic heterocycles. The molecule has 0 heterocycles. The standard InChI is InChI=1S/C14H21NO2/c1-5-17-13(16)10-15-12-8-6-11(7-9-12)14(2,3)4/h6-9,15H,5,10H2,1-4H3.